The van der Waals surface area contributed by atoms with Crippen molar-refractivity contribution in [2.75, 3.05) is 0 Å². The van der Waals surface area contributed by atoms with Crippen LogP contribution in [0.3, 0.4) is 0 Å². The molecule has 1 N–H and O–H groups in total. The van der Waals surface area contributed by atoms with E-state index in [9.17, 15) is 5.11 Å². The van der Waals surface area contributed by atoms with Crippen LogP contribution in [0.5, 0.6) is 5.75 Å². The first-order valence-corrected chi connectivity index (χ1v) is 5.46. The molecule has 0 bridgehead atoms. The number of nitrogens with zero attached hydrogens (tertiary/aromatic N) is 1. The Balaban J connectivity index is 2.24. The minimum Gasteiger partial charge on any atom is -0.508 e. The van der Waals surface area contributed by atoms with E-state index in [1.54, 1.807) is 30.3 Å². The molecule has 0 unspecified atom stereocenters. The van der Waals surface area contributed by atoms with Gasteiger partial charge in [-0.15, -0.1) is 0 Å². The number of benzene rings is 2. The van der Waals surface area contributed by atoms with Gasteiger partial charge in [0.1, 0.15) is 11.3 Å². The summed E-state index contributed by atoms with van der Waals surface area (Å²) >= 11 is 5.88. The van der Waals surface area contributed by atoms with E-state index in [2.05, 4.69) is 5.16 Å². The van der Waals surface area contributed by atoms with E-state index in [0.717, 1.165) is 10.9 Å². The van der Waals surface area contributed by atoms with Crippen molar-refractivity contribution in [1.82, 2.24) is 5.16 Å². The standard InChI is InChI=1S/C13H8ClNO2/c14-9-4-5-11-12(7-9)15-17-13(11)8-2-1-3-10(16)6-8/h1-7,16H. The van der Waals surface area contributed by atoms with Crippen LogP contribution >= 0.6 is 11.6 Å². The normalized spacial score (nSPS) is 10.9. The van der Waals surface area contributed by atoms with E-state index in [-0.39, 0.29) is 5.75 Å². The lowest BCUT2D eigenvalue weighted by Gasteiger charge is -1.97. The minimum absolute atomic E-state index is 0.195. The third-order valence-corrected chi connectivity index (χ3v) is 2.78. The number of aromatic hydroxyl groups is 1. The highest BCUT2D eigenvalue weighted by Crippen LogP contribution is 2.31. The van der Waals surface area contributed by atoms with Gasteiger partial charge in [0.25, 0.3) is 0 Å². The molecule has 0 atom stereocenters. The van der Waals surface area contributed by atoms with Crippen molar-refractivity contribution in [1.29, 1.82) is 0 Å². The monoisotopic (exact) mass is 245 g/mol. The first-order chi connectivity index (χ1) is 8.24. The molecule has 1 heterocycles. The van der Waals surface area contributed by atoms with Gasteiger partial charge in [-0.2, -0.15) is 0 Å². The van der Waals surface area contributed by atoms with Crippen LogP contribution in [0.25, 0.3) is 22.2 Å². The van der Waals surface area contributed by atoms with Crippen molar-refractivity contribution in [3.63, 3.8) is 0 Å². The number of rotatable bonds is 1. The number of halogens is 1. The molecule has 84 valence electrons. The summed E-state index contributed by atoms with van der Waals surface area (Å²) in [5, 5.41) is 14.9. The molecule has 0 aliphatic carbocycles. The summed E-state index contributed by atoms with van der Waals surface area (Å²) in [5.74, 6) is 0.827. The van der Waals surface area contributed by atoms with Gasteiger partial charge in [0.05, 0.1) is 0 Å². The predicted molar refractivity (Wildman–Crippen MR) is 66.1 cm³/mol. The van der Waals surface area contributed by atoms with E-state index < -0.39 is 0 Å². The summed E-state index contributed by atoms with van der Waals surface area (Å²) < 4.78 is 5.29. The molecular weight excluding hydrogens is 238 g/mol. The molecule has 4 heteroatoms. The van der Waals surface area contributed by atoms with Gasteiger partial charge < -0.3 is 9.63 Å². The Kier molecular flexibility index (Phi) is 2.27. The zero-order valence-corrected chi connectivity index (χ0v) is 9.48. The molecule has 0 saturated carbocycles. The summed E-state index contributed by atoms with van der Waals surface area (Å²) in [6.45, 7) is 0. The second kappa shape index (κ2) is 3.79. The highest BCUT2D eigenvalue weighted by atomic mass is 35.5. The highest BCUT2D eigenvalue weighted by Gasteiger charge is 2.11. The maximum absolute atomic E-state index is 9.44. The van der Waals surface area contributed by atoms with Gasteiger partial charge in [-0.1, -0.05) is 28.9 Å². The molecule has 3 rings (SSSR count). The summed E-state index contributed by atoms with van der Waals surface area (Å²) in [5.41, 5.74) is 1.49. The largest absolute Gasteiger partial charge is 0.508 e. The van der Waals surface area contributed by atoms with Crippen LogP contribution in [-0.4, -0.2) is 10.3 Å². The quantitative estimate of drug-likeness (QED) is 0.708. The first-order valence-electron chi connectivity index (χ1n) is 5.08. The predicted octanol–water partition coefficient (Wildman–Crippen LogP) is 3.85. The van der Waals surface area contributed by atoms with Crippen LogP contribution < -0.4 is 0 Å². The van der Waals surface area contributed by atoms with Gasteiger partial charge in [-0.3, -0.25) is 0 Å². The molecule has 1 aromatic heterocycles. The molecule has 0 amide bonds. The zero-order chi connectivity index (χ0) is 11.8. The second-order valence-electron chi connectivity index (χ2n) is 3.72. The fourth-order valence-corrected chi connectivity index (χ4v) is 1.94. The summed E-state index contributed by atoms with van der Waals surface area (Å²) in [6.07, 6.45) is 0. The Hall–Kier alpha value is -2.00. The maximum Gasteiger partial charge on any atom is 0.174 e. The molecule has 3 nitrogen and oxygen atoms in total. The number of phenolic OH excluding ortho intramolecular Hbond substituents is 1. The van der Waals surface area contributed by atoms with Crippen LogP contribution in [0.1, 0.15) is 0 Å². The lowest BCUT2D eigenvalue weighted by Crippen LogP contribution is -1.75. The summed E-state index contributed by atoms with van der Waals surface area (Å²) in [6, 6.07) is 12.2. The van der Waals surface area contributed by atoms with Crippen molar-refractivity contribution in [2.45, 2.75) is 0 Å². The smallest absolute Gasteiger partial charge is 0.174 e. The first kappa shape index (κ1) is 10.2. The van der Waals surface area contributed by atoms with Crippen LogP contribution in [0.2, 0.25) is 5.02 Å². The van der Waals surface area contributed by atoms with Gasteiger partial charge in [0, 0.05) is 16.0 Å². The lowest BCUT2D eigenvalue weighted by atomic mass is 10.1. The third-order valence-electron chi connectivity index (χ3n) is 2.55. The Morgan fingerprint density at radius 2 is 2.00 bits per heavy atom. The summed E-state index contributed by atoms with van der Waals surface area (Å²) in [4.78, 5) is 0. The average molecular weight is 246 g/mol. The van der Waals surface area contributed by atoms with E-state index in [1.165, 1.54) is 0 Å². The molecule has 0 spiro atoms. The molecular formula is C13H8ClNO2. The second-order valence-corrected chi connectivity index (χ2v) is 4.16. The van der Waals surface area contributed by atoms with E-state index in [4.69, 9.17) is 16.1 Å². The van der Waals surface area contributed by atoms with Crippen molar-refractivity contribution >= 4 is 22.5 Å². The van der Waals surface area contributed by atoms with E-state index >= 15 is 0 Å². The molecule has 0 saturated heterocycles. The SMILES string of the molecule is Oc1cccc(-c2onc3cc(Cl)ccc23)c1. The lowest BCUT2D eigenvalue weighted by molar-refractivity contribution is 0.440. The minimum atomic E-state index is 0.195. The third kappa shape index (κ3) is 1.74. The Morgan fingerprint density at radius 3 is 2.82 bits per heavy atom. The van der Waals surface area contributed by atoms with Crippen LogP contribution in [0, 0.1) is 0 Å². The fourth-order valence-electron chi connectivity index (χ4n) is 1.77. The Labute approximate surface area is 102 Å². The zero-order valence-electron chi connectivity index (χ0n) is 8.72. The van der Waals surface area contributed by atoms with E-state index in [0.29, 0.717) is 16.3 Å². The highest BCUT2D eigenvalue weighted by molar-refractivity contribution is 6.31. The maximum atomic E-state index is 9.44. The molecule has 3 aromatic rings. The van der Waals surface area contributed by atoms with Crippen molar-refractivity contribution < 1.29 is 9.63 Å². The van der Waals surface area contributed by atoms with Crippen LogP contribution in [-0.2, 0) is 0 Å². The fraction of sp³-hybridized carbons (Fsp3) is 0. The Morgan fingerprint density at radius 1 is 1.12 bits per heavy atom. The number of hydrogen-bond acceptors (Lipinski definition) is 3. The summed E-state index contributed by atoms with van der Waals surface area (Å²) in [7, 11) is 0. The van der Waals surface area contributed by atoms with Crippen LogP contribution in [0.15, 0.2) is 47.0 Å². The number of fused-ring (bicyclic) bond motifs is 1. The average Bonchev–Trinajstić information content (AvgIpc) is 2.71. The van der Waals surface area contributed by atoms with Gasteiger partial charge in [0.15, 0.2) is 5.76 Å². The van der Waals surface area contributed by atoms with Gasteiger partial charge in [-0.05, 0) is 30.3 Å². The molecule has 2 aromatic carbocycles. The van der Waals surface area contributed by atoms with Gasteiger partial charge >= 0.3 is 0 Å². The number of hydrogen-bond donors (Lipinski definition) is 1. The van der Waals surface area contributed by atoms with Crippen molar-refractivity contribution in [2.24, 2.45) is 0 Å². The van der Waals surface area contributed by atoms with Gasteiger partial charge in [0.2, 0.25) is 0 Å². The number of phenols is 1. The van der Waals surface area contributed by atoms with Crippen molar-refractivity contribution in [3.8, 4) is 17.1 Å². The molecule has 0 radical (unpaired) electrons. The van der Waals surface area contributed by atoms with E-state index in [1.807, 2.05) is 12.1 Å². The molecule has 0 fully saturated rings. The van der Waals surface area contributed by atoms with Gasteiger partial charge in [-0.25, -0.2) is 0 Å². The molecule has 0 aliphatic rings. The molecule has 0 aliphatic heterocycles. The Bertz CT molecular complexity index is 691. The molecule has 17 heavy (non-hydrogen) atoms. The van der Waals surface area contributed by atoms with Crippen LogP contribution in [0.4, 0.5) is 0 Å². The van der Waals surface area contributed by atoms with Crippen molar-refractivity contribution in [3.05, 3.63) is 47.5 Å². The topological polar surface area (TPSA) is 46.3 Å². The number of aromatic nitrogens is 1.